The van der Waals surface area contributed by atoms with Crippen molar-refractivity contribution in [2.24, 2.45) is 0 Å². The van der Waals surface area contributed by atoms with E-state index in [0.717, 1.165) is 6.92 Å². The number of hydrogen-bond donors (Lipinski definition) is 0. The fourth-order valence-corrected chi connectivity index (χ4v) is 1.35. The zero-order chi connectivity index (χ0) is 15.0. The van der Waals surface area contributed by atoms with E-state index in [1.807, 2.05) is 0 Å². The summed E-state index contributed by atoms with van der Waals surface area (Å²) in [4.78, 5) is 0. The number of rotatable bonds is 4. The summed E-state index contributed by atoms with van der Waals surface area (Å²) in [6.45, 7) is 0.559. The Labute approximate surface area is 97.1 Å². The molecule has 110 valence electrons. The van der Waals surface area contributed by atoms with Crippen LogP contribution < -0.4 is 0 Å². The predicted octanol–water partition coefficient (Wildman–Crippen LogP) is 4.69. The molecule has 0 heterocycles. The van der Waals surface area contributed by atoms with Crippen LogP contribution in [0.4, 0.5) is 39.5 Å². The van der Waals surface area contributed by atoms with E-state index >= 15 is 0 Å². The van der Waals surface area contributed by atoms with Crippen molar-refractivity contribution in [3.8, 4) is 0 Å². The third kappa shape index (κ3) is 2.85. The highest BCUT2D eigenvalue weighted by Gasteiger charge is 2.72. The largest absolute Gasteiger partial charge is 0.425 e. The molecule has 0 N–H and O–H groups in total. The van der Waals surface area contributed by atoms with Gasteiger partial charge in [0.1, 0.15) is 0 Å². The van der Waals surface area contributed by atoms with Crippen LogP contribution in [0.2, 0.25) is 0 Å². The molecular formula is C9H11F9. The van der Waals surface area contributed by atoms with E-state index in [-0.39, 0.29) is 0 Å². The van der Waals surface area contributed by atoms with Crippen LogP contribution >= 0.6 is 0 Å². The summed E-state index contributed by atoms with van der Waals surface area (Å²) in [6.07, 6.45) is -18.4. The molecule has 0 rings (SSSR count). The molecule has 0 nitrogen and oxygen atoms in total. The van der Waals surface area contributed by atoms with Gasteiger partial charge in [-0.3, -0.25) is 0 Å². The molecule has 9 heteroatoms. The first-order valence-electron chi connectivity index (χ1n) is 4.87. The summed E-state index contributed by atoms with van der Waals surface area (Å²) in [7, 11) is 0. The van der Waals surface area contributed by atoms with Crippen LogP contribution in [-0.4, -0.2) is 29.9 Å². The van der Waals surface area contributed by atoms with Gasteiger partial charge in [0.2, 0.25) is 11.3 Å². The van der Waals surface area contributed by atoms with Gasteiger partial charge >= 0.3 is 12.4 Å². The first-order chi connectivity index (χ1) is 7.72. The molecule has 0 aromatic carbocycles. The van der Waals surface area contributed by atoms with Gasteiger partial charge in [-0.15, -0.1) is 0 Å². The van der Waals surface area contributed by atoms with Gasteiger partial charge in [0.25, 0.3) is 0 Å². The van der Waals surface area contributed by atoms with E-state index in [0.29, 0.717) is 0 Å². The number of alkyl halides is 9. The quantitative estimate of drug-likeness (QED) is 0.659. The average Bonchev–Trinajstić information content (AvgIpc) is 2.13. The molecular weight excluding hydrogens is 279 g/mol. The third-order valence-corrected chi connectivity index (χ3v) is 2.52. The Bertz CT molecular complexity index is 277. The van der Waals surface area contributed by atoms with Crippen molar-refractivity contribution >= 4 is 0 Å². The van der Waals surface area contributed by atoms with Crippen molar-refractivity contribution in [3.05, 3.63) is 0 Å². The van der Waals surface area contributed by atoms with Crippen LogP contribution in [0.15, 0.2) is 0 Å². The highest BCUT2D eigenvalue weighted by molar-refractivity contribution is 5.05. The van der Waals surface area contributed by atoms with Gasteiger partial charge in [-0.2, -0.15) is 26.3 Å². The molecule has 0 spiro atoms. The second-order valence-electron chi connectivity index (χ2n) is 4.05. The van der Waals surface area contributed by atoms with Crippen LogP contribution in [-0.2, 0) is 0 Å². The van der Waals surface area contributed by atoms with Crippen molar-refractivity contribution in [1.82, 2.24) is 0 Å². The van der Waals surface area contributed by atoms with Crippen molar-refractivity contribution in [2.45, 2.75) is 56.6 Å². The van der Waals surface area contributed by atoms with E-state index in [4.69, 9.17) is 0 Å². The smallest absolute Gasteiger partial charge is 0.240 e. The lowest BCUT2D eigenvalue weighted by Crippen LogP contribution is -2.61. The zero-order valence-electron chi connectivity index (χ0n) is 9.39. The van der Waals surface area contributed by atoms with E-state index in [1.165, 1.54) is 0 Å². The number of halogens is 9. The second-order valence-corrected chi connectivity index (χ2v) is 4.05. The summed E-state index contributed by atoms with van der Waals surface area (Å²) < 4.78 is 113. The van der Waals surface area contributed by atoms with Crippen LogP contribution in [0.5, 0.6) is 0 Å². The molecule has 0 aliphatic heterocycles. The van der Waals surface area contributed by atoms with E-state index < -0.39 is 49.6 Å². The second kappa shape index (κ2) is 4.80. The van der Waals surface area contributed by atoms with Crippen LogP contribution in [0.3, 0.4) is 0 Å². The van der Waals surface area contributed by atoms with Gasteiger partial charge in [-0.25, -0.2) is 13.2 Å². The third-order valence-electron chi connectivity index (χ3n) is 2.52. The minimum Gasteiger partial charge on any atom is -0.240 e. The molecule has 0 saturated carbocycles. The first kappa shape index (κ1) is 17.4. The maximum atomic E-state index is 13.5. The Morgan fingerprint density at radius 2 is 1.22 bits per heavy atom. The average molecular weight is 290 g/mol. The van der Waals surface area contributed by atoms with Gasteiger partial charge in [0, 0.05) is 0 Å². The summed E-state index contributed by atoms with van der Waals surface area (Å²) in [5, 5.41) is 0. The van der Waals surface area contributed by atoms with Crippen molar-refractivity contribution in [1.29, 1.82) is 0 Å². The summed E-state index contributed by atoms with van der Waals surface area (Å²) in [5.41, 5.74) is -9.80. The van der Waals surface area contributed by atoms with E-state index in [2.05, 4.69) is 0 Å². The SMILES string of the molecule is CCCC(F)(C(F)C(C)(F)C(F)(F)F)C(F)(F)F. The van der Waals surface area contributed by atoms with Gasteiger partial charge in [0.05, 0.1) is 0 Å². The Hall–Kier alpha value is -0.630. The molecule has 0 fully saturated rings. The van der Waals surface area contributed by atoms with Gasteiger partial charge in [-0.1, -0.05) is 13.3 Å². The number of hydrogen-bond acceptors (Lipinski definition) is 0. The van der Waals surface area contributed by atoms with Gasteiger partial charge < -0.3 is 0 Å². The maximum absolute atomic E-state index is 13.5. The lowest BCUT2D eigenvalue weighted by molar-refractivity contribution is -0.306. The molecule has 0 aliphatic rings. The fourth-order valence-electron chi connectivity index (χ4n) is 1.35. The Morgan fingerprint density at radius 3 is 1.44 bits per heavy atom. The molecule has 0 aromatic rings. The maximum Gasteiger partial charge on any atom is 0.425 e. The molecule has 0 saturated heterocycles. The highest BCUT2D eigenvalue weighted by atomic mass is 19.4. The topological polar surface area (TPSA) is 0 Å². The highest BCUT2D eigenvalue weighted by Crippen LogP contribution is 2.50. The summed E-state index contributed by atoms with van der Waals surface area (Å²) in [6, 6.07) is 0. The minimum atomic E-state index is -5.94. The van der Waals surface area contributed by atoms with Crippen molar-refractivity contribution < 1.29 is 39.5 Å². The monoisotopic (exact) mass is 290 g/mol. The van der Waals surface area contributed by atoms with Crippen LogP contribution in [0.25, 0.3) is 0 Å². The molecule has 3 unspecified atom stereocenters. The lowest BCUT2D eigenvalue weighted by Gasteiger charge is -2.37. The van der Waals surface area contributed by atoms with Crippen molar-refractivity contribution in [3.63, 3.8) is 0 Å². The van der Waals surface area contributed by atoms with Crippen LogP contribution in [0, 0.1) is 0 Å². The molecule has 3 atom stereocenters. The Balaban J connectivity index is 5.55. The molecule has 0 amide bonds. The van der Waals surface area contributed by atoms with Crippen LogP contribution in [0.1, 0.15) is 26.7 Å². The Morgan fingerprint density at radius 1 is 0.833 bits per heavy atom. The zero-order valence-corrected chi connectivity index (χ0v) is 9.39. The minimum absolute atomic E-state index is 0.451. The van der Waals surface area contributed by atoms with Gasteiger partial charge in [-0.05, 0) is 13.3 Å². The first-order valence-corrected chi connectivity index (χ1v) is 4.87. The predicted molar refractivity (Wildman–Crippen MR) is 45.3 cm³/mol. The normalized spacial score (nSPS) is 22.2. The fraction of sp³-hybridized carbons (Fsp3) is 1.00. The molecule has 18 heavy (non-hydrogen) atoms. The van der Waals surface area contributed by atoms with Crippen molar-refractivity contribution in [2.75, 3.05) is 0 Å². The summed E-state index contributed by atoms with van der Waals surface area (Å²) >= 11 is 0. The molecule has 0 aromatic heterocycles. The summed E-state index contributed by atoms with van der Waals surface area (Å²) in [5.74, 6) is 0. The van der Waals surface area contributed by atoms with E-state index in [9.17, 15) is 39.5 Å². The molecule has 0 radical (unpaired) electrons. The lowest BCUT2D eigenvalue weighted by atomic mass is 9.84. The molecule has 0 aliphatic carbocycles. The van der Waals surface area contributed by atoms with Gasteiger partial charge in [0.15, 0.2) is 6.17 Å². The van der Waals surface area contributed by atoms with E-state index in [1.54, 1.807) is 0 Å². The standard InChI is InChI=1S/C9H11F9/c1-3-4-7(12,9(16,17)18)5(10)6(2,11)8(13,14)15/h5H,3-4H2,1-2H3. The Kier molecular flexibility index (Phi) is 4.64. The molecule has 0 bridgehead atoms.